The highest BCUT2D eigenvalue weighted by atomic mass is 35.5. The topological polar surface area (TPSA) is 99.5 Å². The van der Waals surface area contributed by atoms with Crippen LogP contribution in [0.3, 0.4) is 0 Å². The molecule has 0 amide bonds. The Morgan fingerprint density at radius 2 is 1.93 bits per heavy atom. The van der Waals surface area contributed by atoms with Crippen molar-refractivity contribution in [1.29, 1.82) is 0 Å². The van der Waals surface area contributed by atoms with Crippen LogP contribution in [0.5, 0.6) is 0 Å². The number of carbonyl (C=O) groups is 2. The first-order chi connectivity index (χ1) is 13.0. The Kier molecular flexibility index (Phi) is 8.48. The molecule has 1 unspecified atom stereocenters. The zero-order valence-electron chi connectivity index (χ0n) is 15.2. The molecule has 1 aliphatic carbocycles. The Hall–Kier alpha value is -2.18. The molecule has 0 spiro atoms. The van der Waals surface area contributed by atoms with Crippen LogP contribution in [0, 0.1) is 5.92 Å². The Balaban J connectivity index is 0.000000279. The molecule has 1 aliphatic heterocycles. The third kappa shape index (κ3) is 7.53. The van der Waals surface area contributed by atoms with E-state index in [4.69, 9.17) is 21.8 Å². The van der Waals surface area contributed by atoms with Gasteiger partial charge < -0.3 is 15.5 Å². The van der Waals surface area contributed by atoms with E-state index in [-0.39, 0.29) is 12.8 Å². The number of pyridine rings is 1. The van der Waals surface area contributed by atoms with E-state index in [1.165, 1.54) is 12.0 Å². The van der Waals surface area contributed by atoms with Gasteiger partial charge in [0.25, 0.3) is 0 Å². The van der Waals surface area contributed by atoms with E-state index in [1.807, 2.05) is 18.3 Å². The predicted octanol–water partition coefficient (Wildman–Crippen LogP) is 3.38. The molecule has 2 aliphatic rings. The van der Waals surface area contributed by atoms with Gasteiger partial charge in [0.05, 0.1) is 12.8 Å². The number of hydrogen-bond donors (Lipinski definition) is 3. The molecule has 1 aromatic heterocycles. The minimum Gasteiger partial charge on any atom is -0.481 e. The summed E-state index contributed by atoms with van der Waals surface area (Å²) in [7, 11) is 0. The maximum atomic E-state index is 9.64. The smallest absolute Gasteiger partial charge is 0.303 e. The molecule has 7 heteroatoms. The summed E-state index contributed by atoms with van der Waals surface area (Å²) in [6.45, 7) is 2.14. The lowest BCUT2D eigenvalue weighted by molar-refractivity contribution is -0.143. The van der Waals surface area contributed by atoms with Crippen molar-refractivity contribution in [3.63, 3.8) is 0 Å². The van der Waals surface area contributed by atoms with Crippen LogP contribution in [0.1, 0.15) is 37.8 Å². The van der Waals surface area contributed by atoms with Crippen molar-refractivity contribution < 1.29 is 19.8 Å². The van der Waals surface area contributed by atoms with E-state index < -0.39 is 11.9 Å². The molecule has 3 N–H and O–H groups in total. The second-order valence-electron chi connectivity index (χ2n) is 6.62. The molecule has 6 nitrogen and oxygen atoms in total. The fourth-order valence-electron chi connectivity index (χ4n) is 3.19. The molecule has 3 rings (SSSR count). The Bertz CT molecular complexity index is 702. The normalized spacial score (nSPS) is 18.7. The molecule has 0 saturated carbocycles. The van der Waals surface area contributed by atoms with Gasteiger partial charge in [0.2, 0.25) is 0 Å². The van der Waals surface area contributed by atoms with Crippen molar-refractivity contribution >= 4 is 23.5 Å². The predicted molar refractivity (Wildman–Crippen MR) is 104 cm³/mol. The van der Waals surface area contributed by atoms with Gasteiger partial charge in [-0.2, -0.15) is 0 Å². The third-order valence-corrected chi connectivity index (χ3v) is 4.88. The number of rotatable bonds is 6. The summed E-state index contributed by atoms with van der Waals surface area (Å²) in [5, 5.41) is 20.3. The average Bonchev–Trinajstić information content (AvgIpc) is 2.83. The molecule has 1 saturated heterocycles. The van der Waals surface area contributed by atoms with Crippen molar-refractivity contribution in [3.8, 4) is 0 Å². The van der Waals surface area contributed by atoms with E-state index in [2.05, 4.69) is 22.4 Å². The second kappa shape index (κ2) is 10.8. The minimum absolute atomic E-state index is 0.296. The Labute approximate surface area is 164 Å². The molecular weight excluding hydrogens is 368 g/mol. The fraction of sp³-hybridized carbons (Fsp3) is 0.450. The lowest BCUT2D eigenvalue weighted by Gasteiger charge is -2.22. The molecular formula is C20H25ClN2O4. The van der Waals surface area contributed by atoms with Gasteiger partial charge >= 0.3 is 11.9 Å². The van der Waals surface area contributed by atoms with Crippen LogP contribution < -0.4 is 5.32 Å². The average molecular weight is 393 g/mol. The van der Waals surface area contributed by atoms with E-state index >= 15 is 0 Å². The largest absolute Gasteiger partial charge is 0.481 e. The molecule has 1 fully saturated rings. The second-order valence-corrected chi connectivity index (χ2v) is 7.03. The van der Waals surface area contributed by atoms with Crippen molar-refractivity contribution in [2.75, 3.05) is 13.1 Å². The number of aryl methyl sites for hydroxylation is 1. The van der Waals surface area contributed by atoms with Crippen molar-refractivity contribution in [2.24, 2.45) is 5.92 Å². The lowest BCUT2D eigenvalue weighted by atomic mass is 9.87. The molecule has 0 aromatic carbocycles. The number of aromatic nitrogens is 1. The number of carboxylic acid groups (broad SMARTS) is 2. The summed E-state index contributed by atoms with van der Waals surface area (Å²) in [5.74, 6) is -1.57. The molecule has 1 aromatic rings. The summed E-state index contributed by atoms with van der Waals surface area (Å²) >= 11 is 6.48. The Morgan fingerprint density at radius 1 is 1.19 bits per heavy atom. The van der Waals surface area contributed by atoms with Gasteiger partial charge in [-0.1, -0.05) is 29.3 Å². The quantitative estimate of drug-likeness (QED) is 0.686. The van der Waals surface area contributed by atoms with Gasteiger partial charge in [-0.05, 0) is 55.9 Å². The van der Waals surface area contributed by atoms with Crippen LogP contribution >= 0.6 is 11.6 Å². The van der Waals surface area contributed by atoms with Crippen LogP contribution in [0.4, 0.5) is 0 Å². The molecule has 2 bridgehead atoms. The van der Waals surface area contributed by atoms with Crippen LogP contribution in [0.2, 0.25) is 0 Å². The number of nitrogens with zero attached hydrogens (tertiary/aromatic N) is 1. The highest BCUT2D eigenvalue weighted by Crippen LogP contribution is 2.36. The van der Waals surface area contributed by atoms with Crippen molar-refractivity contribution in [3.05, 3.63) is 52.3 Å². The van der Waals surface area contributed by atoms with Gasteiger partial charge in [-0.15, -0.1) is 0 Å². The summed E-state index contributed by atoms with van der Waals surface area (Å²) in [4.78, 5) is 23.7. The van der Waals surface area contributed by atoms with E-state index in [9.17, 15) is 9.59 Å². The monoisotopic (exact) mass is 392 g/mol. The minimum atomic E-state index is -1.08. The van der Waals surface area contributed by atoms with Crippen LogP contribution in [-0.2, 0) is 16.0 Å². The number of fused-ring (bicyclic) bond motifs is 2. The zero-order valence-corrected chi connectivity index (χ0v) is 15.9. The van der Waals surface area contributed by atoms with E-state index in [0.717, 1.165) is 43.1 Å². The highest BCUT2D eigenvalue weighted by Gasteiger charge is 2.23. The first kappa shape index (κ1) is 21.1. The zero-order chi connectivity index (χ0) is 19.6. The van der Waals surface area contributed by atoms with Crippen molar-refractivity contribution in [2.45, 2.75) is 38.5 Å². The Morgan fingerprint density at radius 3 is 2.56 bits per heavy atom. The highest BCUT2D eigenvalue weighted by molar-refractivity contribution is 6.32. The standard InChI is InChI=1S/C16H19ClN2.C4H6O4/c17-16-10-12-9-13(6-8-18-11-12)15(16)5-4-14-3-1-2-7-19-14;5-3(6)1-2-4(7)8/h1-3,7,10,12,18H,4-6,8-9,11H2;1-2H2,(H,5,6)(H,7,8). The van der Waals surface area contributed by atoms with Crippen LogP contribution in [0.25, 0.3) is 0 Å². The lowest BCUT2D eigenvalue weighted by Crippen LogP contribution is -2.19. The number of allylic oxidation sites excluding steroid dienone is 2. The molecule has 0 radical (unpaired) electrons. The molecule has 27 heavy (non-hydrogen) atoms. The number of hydrogen-bond acceptors (Lipinski definition) is 4. The molecule has 1 atom stereocenters. The first-order valence-electron chi connectivity index (χ1n) is 9.08. The number of carboxylic acids is 2. The van der Waals surface area contributed by atoms with Gasteiger partial charge in [0.15, 0.2) is 0 Å². The maximum Gasteiger partial charge on any atom is 0.303 e. The summed E-state index contributed by atoms with van der Waals surface area (Å²) in [6.07, 6.45) is 7.80. The van der Waals surface area contributed by atoms with Crippen LogP contribution in [-0.4, -0.2) is 40.2 Å². The van der Waals surface area contributed by atoms with Gasteiger partial charge in [-0.25, -0.2) is 0 Å². The van der Waals surface area contributed by atoms with Gasteiger partial charge in [0.1, 0.15) is 0 Å². The summed E-state index contributed by atoms with van der Waals surface area (Å²) in [5.41, 5.74) is 4.07. The SMILES string of the molecule is ClC1=CC2CNCCC(=C1CCc1ccccn1)C2.O=C(O)CCC(=O)O. The summed E-state index contributed by atoms with van der Waals surface area (Å²) in [6, 6.07) is 6.09. The summed E-state index contributed by atoms with van der Waals surface area (Å²) < 4.78 is 0. The first-order valence-corrected chi connectivity index (χ1v) is 9.46. The third-order valence-electron chi connectivity index (χ3n) is 4.53. The number of aliphatic carboxylic acids is 2. The van der Waals surface area contributed by atoms with Gasteiger partial charge in [0, 0.05) is 23.5 Å². The maximum absolute atomic E-state index is 9.64. The fourth-order valence-corrected chi connectivity index (χ4v) is 3.60. The van der Waals surface area contributed by atoms with Crippen LogP contribution in [0.15, 0.2) is 46.7 Å². The molecule has 2 heterocycles. The molecule has 146 valence electrons. The van der Waals surface area contributed by atoms with Gasteiger partial charge in [-0.3, -0.25) is 14.6 Å². The van der Waals surface area contributed by atoms with E-state index in [1.54, 1.807) is 5.57 Å². The number of halogens is 1. The number of nitrogens with one attached hydrogen (secondary N) is 1. The van der Waals surface area contributed by atoms with Crippen molar-refractivity contribution in [1.82, 2.24) is 10.3 Å². The van der Waals surface area contributed by atoms with E-state index in [0.29, 0.717) is 5.92 Å².